The van der Waals surface area contributed by atoms with Gasteiger partial charge in [0, 0.05) is 31.7 Å². The van der Waals surface area contributed by atoms with Gasteiger partial charge < -0.3 is 14.4 Å². The second-order valence-corrected chi connectivity index (χ2v) is 9.29. The van der Waals surface area contributed by atoms with Crippen LogP contribution < -0.4 is 0 Å². The van der Waals surface area contributed by atoms with Gasteiger partial charge in [0.05, 0.1) is 36.4 Å². The second kappa shape index (κ2) is 8.86. The van der Waals surface area contributed by atoms with Crippen molar-refractivity contribution in [2.45, 2.75) is 32.1 Å². The number of piperazine rings is 1. The third kappa shape index (κ3) is 4.08. The Bertz CT molecular complexity index is 1260. The minimum atomic E-state index is -0.247. The number of hydrogen-bond donors (Lipinski definition) is 0. The van der Waals surface area contributed by atoms with Crippen LogP contribution in [0.25, 0.3) is 5.69 Å². The van der Waals surface area contributed by atoms with Gasteiger partial charge in [-0.05, 0) is 52.2 Å². The number of carbonyl (C=O) groups is 2. The van der Waals surface area contributed by atoms with Gasteiger partial charge >= 0.3 is 5.97 Å². The van der Waals surface area contributed by atoms with E-state index in [1.54, 1.807) is 4.68 Å². The van der Waals surface area contributed by atoms with Crippen molar-refractivity contribution in [2.75, 3.05) is 32.8 Å². The molecule has 0 radical (unpaired) electrons. The molecule has 3 aromatic rings. The van der Waals surface area contributed by atoms with Crippen molar-refractivity contribution in [2.24, 2.45) is 0 Å². The molecule has 10 nitrogen and oxygen atoms in total. The Morgan fingerprint density at radius 3 is 2.77 bits per heavy atom. The van der Waals surface area contributed by atoms with Gasteiger partial charge in [0.15, 0.2) is 0 Å². The molecule has 4 heterocycles. The number of morpholine rings is 1. The number of benzene rings is 2. The summed E-state index contributed by atoms with van der Waals surface area (Å²) in [6, 6.07) is 11.7. The van der Waals surface area contributed by atoms with Gasteiger partial charge in [-0.1, -0.05) is 18.2 Å². The topological polar surface area (TPSA) is 103 Å². The SMILES string of the molecule is Cc1c([C@H]2CN3CCN(C(=O)Cc4ccc(-n5cnnn5)cc4)C[C@H]3CO2)ccc2c1COC2=O. The summed E-state index contributed by atoms with van der Waals surface area (Å²) >= 11 is 0. The van der Waals surface area contributed by atoms with Crippen LogP contribution >= 0.6 is 0 Å². The van der Waals surface area contributed by atoms with Gasteiger partial charge in [0.2, 0.25) is 5.91 Å². The molecule has 3 aliphatic heterocycles. The third-order valence-electron chi connectivity index (χ3n) is 7.31. The van der Waals surface area contributed by atoms with Crippen LogP contribution in [0.3, 0.4) is 0 Å². The zero-order valence-corrected chi connectivity index (χ0v) is 19.5. The molecule has 1 amide bonds. The lowest BCUT2D eigenvalue weighted by Gasteiger charge is -2.46. The molecule has 0 bridgehead atoms. The van der Waals surface area contributed by atoms with Crippen molar-refractivity contribution >= 4 is 11.9 Å². The van der Waals surface area contributed by atoms with E-state index in [1.165, 1.54) is 6.33 Å². The molecule has 0 unspecified atom stereocenters. The van der Waals surface area contributed by atoms with Crippen LogP contribution in [0.1, 0.15) is 38.7 Å². The van der Waals surface area contributed by atoms with Crippen molar-refractivity contribution in [3.05, 3.63) is 70.5 Å². The number of tetrazole rings is 1. The number of hydrogen-bond acceptors (Lipinski definition) is 8. The molecule has 2 atom stereocenters. The maximum Gasteiger partial charge on any atom is 0.338 e. The number of aromatic nitrogens is 4. The summed E-state index contributed by atoms with van der Waals surface area (Å²) in [6.07, 6.45) is 1.85. The van der Waals surface area contributed by atoms with Crippen LogP contribution in [0, 0.1) is 6.92 Å². The summed E-state index contributed by atoms with van der Waals surface area (Å²) in [5.41, 5.74) is 5.65. The van der Waals surface area contributed by atoms with E-state index in [0.29, 0.717) is 38.3 Å². The van der Waals surface area contributed by atoms with E-state index in [-0.39, 0.29) is 24.0 Å². The zero-order chi connectivity index (χ0) is 23.9. The summed E-state index contributed by atoms with van der Waals surface area (Å²) in [4.78, 5) is 29.2. The number of ether oxygens (including phenoxy) is 2. The van der Waals surface area contributed by atoms with Crippen molar-refractivity contribution in [1.82, 2.24) is 30.0 Å². The standard InChI is InChI=1S/C25H26N6O4/c1-16-20(6-7-21-22(16)14-35-25(21)33)23-12-29-8-9-30(11-19(29)13-34-23)24(32)10-17-2-4-18(5-3-17)31-15-26-27-28-31/h2-7,15,19,23H,8-14H2,1H3/t19-,23+/m0/s1. The minimum Gasteiger partial charge on any atom is -0.457 e. The van der Waals surface area contributed by atoms with Crippen LogP contribution in [0.15, 0.2) is 42.7 Å². The van der Waals surface area contributed by atoms with Crippen LogP contribution in [0.4, 0.5) is 0 Å². The normalized spacial score (nSPS) is 22.0. The van der Waals surface area contributed by atoms with E-state index >= 15 is 0 Å². The van der Waals surface area contributed by atoms with Crippen molar-refractivity contribution < 1.29 is 19.1 Å². The molecule has 35 heavy (non-hydrogen) atoms. The van der Waals surface area contributed by atoms with Crippen molar-refractivity contribution in [1.29, 1.82) is 0 Å². The highest BCUT2D eigenvalue weighted by Gasteiger charge is 2.36. The first-order valence-electron chi connectivity index (χ1n) is 11.8. The molecule has 6 rings (SSSR count). The molecule has 3 aliphatic rings. The van der Waals surface area contributed by atoms with Gasteiger partial charge in [-0.15, -0.1) is 5.10 Å². The molecule has 2 saturated heterocycles. The molecule has 180 valence electrons. The van der Waals surface area contributed by atoms with E-state index in [9.17, 15) is 9.59 Å². The van der Waals surface area contributed by atoms with Crippen molar-refractivity contribution in [3.8, 4) is 5.69 Å². The number of fused-ring (bicyclic) bond motifs is 2. The number of rotatable bonds is 4. The average Bonchev–Trinajstić information content (AvgIpc) is 3.55. The lowest BCUT2D eigenvalue weighted by molar-refractivity contribution is -0.139. The lowest BCUT2D eigenvalue weighted by atomic mass is 9.94. The van der Waals surface area contributed by atoms with E-state index in [2.05, 4.69) is 20.4 Å². The summed E-state index contributed by atoms with van der Waals surface area (Å²) in [6.45, 7) is 5.92. The number of carbonyl (C=O) groups excluding carboxylic acids is 2. The zero-order valence-electron chi connectivity index (χ0n) is 19.5. The first-order chi connectivity index (χ1) is 17.1. The fourth-order valence-electron chi connectivity index (χ4n) is 5.25. The highest BCUT2D eigenvalue weighted by molar-refractivity contribution is 5.94. The van der Waals surface area contributed by atoms with Gasteiger partial charge in [0.1, 0.15) is 12.9 Å². The number of nitrogens with zero attached hydrogens (tertiary/aromatic N) is 6. The van der Waals surface area contributed by atoms with E-state index in [1.807, 2.05) is 48.2 Å². The molecular weight excluding hydrogens is 448 g/mol. The fraction of sp³-hybridized carbons (Fsp3) is 0.400. The number of amides is 1. The van der Waals surface area contributed by atoms with Crippen LogP contribution in [0.2, 0.25) is 0 Å². The Kier molecular flexibility index (Phi) is 5.54. The Hall–Kier alpha value is -3.63. The molecule has 0 N–H and O–H groups in total. The van der Waals surface area contributed by atoms with Crippen molar-refractivity contribution in [3.63, 3.8) is 0 Å². The first kappa shape index (κ1) is 21.9. The molecule has 2 aromatic carbocycles. The van der Waals surface area contributed by atoms with E-state index < -0.39 is 0 Å². The Morgan fingerprint density at radius 1 is 1.11 bits per heavy atom. The van der Waals surface area contributed by atoms with Gasteiger partial charge in [0.25, 0.3) is 0 Å². The smallest absolute Gasteiger partial charge is 0.338 e. The minimum absolute atomic E-state index is 0.0480. The fourth-order valence-corrected chi connectivity index (χ4v) is 5.25. The molecule has 0 saturated carbocycles. The first-order valence-corrected chi connectivity index (χ1v) is 11.8. The summed E-state index contributed by atoms with van der Waals surface area (Å²) < 4.78 is 13.0. The largest absolute Gasteiger partial charge is 0.457 e. The monoisotopic (exact) mass is 474 g/mol. The lowest BCUT2D eigenvalue weighted by Crippen LogP contribution is -2.59. The third-order valence-corrected chi connectivity index (χ3v) is 7.31. The average molecular weight is 475 g/mol. The molecule has 0 spiro atoms. The number of esters is 1. The van der Waals surface area contributed by atoms with Crippen LogP contribution in [0.5, 0.6) is 0 Å². The predicted molar refractivity (Wildman–Crippen MR) is 124 cm³/mol. The molecule has 10 heteroatoms. The highest BCUT2D eigenvalue weighted by Crippen LogP contribution is 2.33. The molecule has 1 aromatic heterocycles. The maximum absolute atomic E-state index is 13.0. The quantitative estimate of drug-likeness (QED) is 0.524. The van der Waals surface area contributed by atoms with Crippen LogP contribution in [-0.4, -0.2) is 80.7 Å². The molecule has 0 aliphatic carbocycles. The van der Waals surface area contributed by atoms with Gasteiger partial charge in [-0.3, -0.25) is 9.69 Å². The Morgan fingerprint density at radius 2 is 1.97 bits per heavy atom. The molecular formula is C25H26N6O4. The Labute approximate surface area is 202 Å². The highest BCUT2D eigenvalue weighted by atomic mass is 16.5. The number of cyclic esters (lactones) is 1. The summed E-state index contributed by atoms with van der Waals surface area (Å²) in [5.74, 6) is -0.121. The van der Waals surface area contributed by atoms with E-state index in [0.717, 1.165) is 41.0 Å². The van der Waals surface area contributed by atoms with Gasteiger partial charge in [-0.2, -0.15) is 0 Å². The molecule has 2 fully saturated rings. The predicted octanol–water partition coefficient (Wildman–Crippen LogP) is 1.47. The second-order valence-electron chi connectivity index (χ2n) is 9.29. The van der Waals surface area contributed by atoms with E-state index in [4.69, 9.17) is 9.47 Å². The van der Waals surface area contributed by atoms with Gasteiger partial charge in [-0.25, -0.2) is 9.48 Å². The summed E-state index contributed by atoms with van der Waals surface area (Å²) in [5, 5.41) is 11.2. The van der Waals surface area contributed by atoms with Crippen LogP contribution in [-0.2, 0) is 27.3 Å². The summed E-state index contributed by atoms with van der Waals surface area (Å²) in [7, 11) is 0. The Balaban J connectivity index is 1.07. The maximum atomic E-state index is 13.0.